The van der Waals surface area contributed by atoms with Crippen LogP contribution >= 0.6 is 0 Å². The lowest BCUT2D eigenvalue weighted by Gasteiger charge is -2.21. The Morgan fingerprint density at radius 3 is 2.21 bits per heavy atom. The molecule has 4 rings (SSSR count). The summed E-state index contributed by atoms with van der Waals surface area (Å²) in [6.07, 6.45) is 4.27. The molecule has 0 spiro atoms. The molecule has 3 aromatic carbocycles. The summed E-state index contributed by atoms with van der Waals surface area (Å²) in [5, 5.41) is 0. The first-order valence-corrected chi connectivity index (χ1v) is 10.2. The first-order chi connectivity index (χ1) is 14.0. The van der Waals surface area contributed by atoms with Gasteiger partial charge in [-0.25, -0.2) is 0 Å². The molecule has 2 atom stereocenters. The van der Waals surface area contributed by atoms with Crippen molar-refractivity contribution in [3.05, 3.63) is 113 Å². The number of aryl methyl sites for hydroxylation is 2. The minimum absolute atomic E-state index is 0.0642. The summed E-state index contributed by atoms with van der Waals surface area (Å²) < 4.78 is 0. The van der Waals surface area contributed by atoms with Gasteiger partial charge in [0, 0.05) is 17.5 Å². The highest BCUT2D eigenvalue weighted by atomic mass is 14.6. The van der Waals surface area contributed by atoms with Crippen molar-refractivity contribution in [1.29, 1.82) is 0 Å². The molecule has 1 aliphatic carbocycles. The topological polar surface area (TPSA) is 26.0 Å². The van der Waals surface area contributed by atoms with Crippen LogP contribution < -0.4 is 5.73 Å². The second-order valence-corrected chi connectivity index (χ2v) is 7.90. The predicted molar refractivity (Wildman–Crippen MR) is 124 cm³/mol. The van der Waals surface area contributed by atoms with E-state index in [0.717, 1.165) is 11.1 Å². The summed E-state index contributed by atoms with van der Waals surface area (Å²) in [5.41, 5.74) is 19.8. The van der Waals surface area contributed by atoms with Crippen LogP contribution in [0.15, 0.2) is 90.7 Å². The van der Waals surface area contributed by atoms with Crippen molar-refractivity contribution < 1.29 is 0 Å². The molecule has 0 radical (unpaired) electrons. The number of nitrogens with two attached hydrogens (primary N) is 1. The van der Waals surface area contributed by atoms with Gasteiger partial charge >= 0.3 is 0 Å². The van der Waals surface area contributed by atoms with Crippen molar-refractivity contribution in [2.24, 2.45) is 11.7 Å². The van der Waals surface area contributed by atoms with E-state index in [0.29, 0.717) is 0 Å². The highest BCUT2D eigenvalue weighted by Crippen LogP contribution is 2.35. The summed E-state index contributed by atoms with van der Waals surface area (Å²) in [7, 11) is 0. The second kappa shape index (κ2) is 8.09. The van der Waals surface area contributed by atoms with Gasteiger partial charge in [0.2, 0.25) is 0 Å². The van der Waals surface area contributed by atoms with Crippen LogP contribution in [0, 0.1) is 19.8 Å². The molecule has 0 heterocycles. The molecule has 1 heteroatoms. The van der Waals surface area contributed by atoms with E-state index in [-0.39, 0.29) is 12.0 Å². The predicted octanol–water partition coefficient (Wildman–Crippen LogP) is 6.57. The Bertz CT molecular complexity index is 1130. The van der Waals surface area contributed by atoms with E-state index < -0.39 is 0 Å². The Labute approximate surface area is 173 Å². The van der Waals surface area contributed by atoms with E-state index in [1.807, 2.05) is 12.1 Å². The zero-order valence-electron chi connectivity index (χ0n) is 17.3. The molecule has 0 saturated heterocycles. The largest absolute Gasteiger partial charge is 0.323 e. The van der Waals surface area contributed by atoms with E-state index >= 15 is 0 Å². The standard InChI is InChI=1S/C28H27N/c1-19-9-7-8-12-25(19)26-18-24(14-13-20(26)2)27-17-23(15-16-28(29)21(27)3)22-10-5-4-6-11-22/h4-14,16-18,21,28H,29H2,1-3H3. The molecule has 1 aliphatic rings. The normalized spacial score (nSPS) is 18.8. The maximum atomic E-state index is 6.48. The van der Waals surface area contributed by atoms with Gasteiger partial charge in [0.1, 0.15) is 0 Å². The van der Waals surface area contributed by atoms with Crippen LogP contribution in [0.3, 0.4) is 0 Å². The molecular formula is C28H27N. The molecule has 2 N–H and O–H groups in total. The first kappa shape index (κ1) is 19.2. The quantitative estimate of drug-likeness (QED) is 0.513. The van der Waals surface area contributed by atoms with E-state index in [9.17, 15) is 0 Å². The van der Waals surface area contributed by atoms with Crippen molar-refractivity contribution in [3.8, 4) is 11.1 Å². The van der Waals surface area contributed by atoms with Gasteiger partial charge in [-0.05, 0) is 71.0 Å². The molecule has 0 fully saturated rings. The van der Waals surface area contributed by atoms with Crippen LogP contribution in [0.4, 0.5) is 0 Å². The van der Waals surface area contributed by atoms with E-state index in [1.165, 1.54) is 33.4 Å². The lowest BCUT2D eigenvalue weighted by molar-refractivity contribution is 0.650. The molecule has 0 aliphatic heterocycles. The number of hydrogen-bond donors (Lipinski definition) is 1. The molecule has 2 unspecified atom stereocenters. The van der Waals surface area contributed by atoms with Crippen LogP contribution in [-0.2, 0) is 0 Å². The lowest BCUT2D eigenvalue weighted by atomic mass is 9.85. The van der Waals surface area contributed by atoms with Gasteiger partial charge in [-0.2, -0.15) is 0 Å². The third-order valence-corrected chi connectivity index (χ3v) is 5.89. The molecule has 3 aromatic rings. The Hall–Kier alpha value is -3.12. The third-order valence-electron chi connectivity index (χ3n) is 5.89. The summed E-state index contributed by atoms with van der Waals surface area (Å²) in [4.78, 5) is 0. The molecule has 1 nitrogen and oxygen atoms in total. The van der Waals surface area contributed by atoms with Crippen molar-refractivity contribution >= 4 is 11.1 Å². The van der Waals surface area contributed by atoms with Gasteiger partial charge in [0.25, 0.3) is 0 Å². The molecule has 0 bridgehead atoms. The Kier molecular flexibility index (Phi) is 5.36. The molecule has 0 aromatic heterocycles. The van der Waals surface area contributed by atoms with Crippen LogP contribution in [0.1, 0.15) is 29.2 Å². The lowest BCUT2D eigenvalue weighted by Crippen LogP contribution is -2.26. The second-order valence-electron chi connectivity index (χ2n) is 7.90. The van der Waals surface area contributed by atoms with Crippen LogP contribution in [0.5, 0.6) is 0 Å². The van der Waals surface area contributed by atoms with Crippen molar-refractivity contribution in [3.63, 3.8) is 0 Å². The smallest absolute Gasteiger partial charge is 0.0366 e. The number of rotatable bonds is 3. The number of allylic oxidation sites excluding steroid dienone is 1. The minimum Gasteiger partial charge on any atom is -0.323 e. The van der Waals surface area contributed by atoms with Crippen LogP contribution in [0.25, 0.3) is 22.3 Å². The maximum Gasteiger partial charge on any atom is 0.0366 e. The average Bonchev–Trinajstić information content (AvgIpc) is 2.89. The van der Waals surface area contributed by atoms with Gasteiger partial charge in [-0.1, -0.05) is 73.7 Å². The van der Waals surface area contributed by atoms with Gasteiger partial charge in [-0.3, -0.25) is 0 Å². The summed E-state index contributed by atoms with van der Waals surface area (Å²) in [6, 6.07) is 25.7. The minimum atomic E-state index is -0.0642. The maximum absolute atomic E-state index is 6.48. The Balaban J connectivity index is 1.86. The highest BCUT2D eigenvalue weighted by Gasteiger charge is 2.20. The number of benzene rings is 3. The van der Waals surface area contributed by atoms with E-state index in [4.69, 9.17) is 5.73 Å². The fraction of sp³-hybridized carbons (Fsp3) is 0.179. The zero-order valence-corrected chi connectivity index (χ0v) is 17.3. The van der Waals surface area contributed by atoms with Gasteiger partial charge < -0.3 is 5.73 Å². The SMILES string of the molecule is Cc1ccccc1-c1cc(C2=CC(c3ccccc3)=C=CC(N)C2C)ccc1C. The Morgan fingerprint density at radius 1 is 0.759 bits per heavy atom. The highest BCUT2D eigenvalue weighted by molar-refractivity contribution is 5.87. The van der Waals surface area contributed by atoms with Gasteiger partial charge in [-0.15, -0.1) is 5.73 Å². The van der Waals surface area contributed by atoms with Crippen LogP contribution in [-0.4, -0.2) is 6.04 Å². The van der Waals surface area contributed by atoms with Crippen molar-refractivity contribution in [2.75, 3.05) is 0 Å². The first-order valence-electron chi connectivity index (χ1n) is 10.2. The number of hydrogen-bond acceptors (Lipinski definition) is 1. The van der Waals surface area contributed by atoms with E-state index in [2.05, 4.69) is 99.3 Å². The van der Waals surface area contributed by atoms with Gasteiger partial charge in [0.05, 0.1) is 0 Å². The summed E-state index contributed by atoms with van der Waals surface area (Å²) in [6.45, 7) is 6.56. The average molecular weight is 378 g/mol. The molecule has 0 amide bonds. The van der Waals surface area contributed by atoms with Crippen molar-refractivity contribution in [2.45, 2.75) is 26.8 Å². The molecular weight excluding hydrogens is 350 g/mol. The molecule has 144 valence electrons. The fourth-order valence-electron chi connectivity index (χ4n) is 3.96. The summed E-state index contributed by atoms with van der Waals surface area (Å²) in [5.74, 6) is 0.205. The van der Waals surface area contributed by atoms with Gasteiger partial charge in [0.15, 0.2) is 0 Å². The van der Waals surface area contributed by atoms with Crippen molar-refractivity contribution in [1.82, 2.24) is 0 Å². The molecule has 29 heavy (non-hydrogen) atoms. The third kappa shape index (κ3) is 3.89. The van der Waals surface area contributed by atoms with E-state index in [1.54, 1.807) is 0 Å². The Morgan fingerprint density at radius 2 is 1.45 bits per heavy atom. The zero-order chi connectivity index (χ0) is 20.4. The fourth-order valence-corrected chi connectivity index (χ4v) is 3.96. The summed E-state index contributed by atoms with van der Waals surface area (Å²) >= 11 is 0. The molecule has 0 saturated carbocycles. The monoisotopic (exact) mass is 377 g/mol. The van der Waals surface area contributed by atoms with Crippen LogP contribution in [0.2, 0.25) is 0 Å².